The molecule has 1 aromatic carbocycles. The largest absolute Gasteiger partial charge is 0.481 e. The molecule has 286 valence electrons. The predicted molar refractivity (Wildman–Crippen MR) is 195 cm³/mol. The van der Waals surface area contributed by atoms with Crippen molar-refractivity contribution in [3.63, 3.8) is 0 Å². The Morgan fingerprint density at radius 2 is 1.76 bits per heavy atom. The highest BCUT2D eigenvalue weighted by Crippen LogP contribution is 2.49. The Bertz CT molecular complexity index is 1450. The smallest absolute Gasteiger partial charge is 0.387 e. The average Bonchev–Trinajstić information content (AvgIpc) is 3.23. The van der Waals surface area contributed by atoms with Crippen LogP contribution in [-0.4, -0.2) is 59.7 Å². The number of aliphatic carboxylic acids is 1. The molecule has 2 heterocycles. The highest BCUT2D eigenvalue weighted by atomic mass is 32.2. The van der Waals surface area contributed by atoms with Gasteiger partial charge in [-0.1, -0.05) is 64.1 Å². The quantitative estimate of drug-likeness (QED) is 0.189. The molecular weight excluding hydrogens is 683 g/mol. The summed E-state index contributed by atoms with van der Waals surface area (Å²) in [6.45, 7) is 12.3. The number of ether oxygens (including phenoxy) is 2. The molecule has 2 aliphatic heterocycles. The van der Waals surface area contributed by atoms with Crippen LogP contribution >= 0.6 is 11.8 Å². The number of rotatable bonds is 10. The Hall–Kier alpha value is -2.53. The Kier molecular flexibility index (Phi) is 13.5. The summed E-state index contributed by atoms with van der Waals surface area (Å²) in [5.41, 5.74) is -1.02. The molecule has 2 unspecified atom stereocenters. The zero-order chi connectivity index (χ0) is 37.8. The summed E-state index contributed by atoms with van der Waals surface area (Å²) in [7, 11) is 0. The van der Waals surface area contributed by atoms with Gasteiger partial charge in [0, 0.05) is 42.4 Å². The number of carboxylic acid groups (broad SMARTS) is 1. The lowest BCUT2D eigenvalue weighted by Gasteiger charge is -2.48. The Balaban J connectivity index is 1.63. The third-order valence-corrected chi connectivity index (χ3v) is 11.7. The van der Waals surface area contributed by atoms with Gasteiger partial charge in [-0.05, 0) is 106 Å². The first-order chi connectivity index (χ1) is 23.7. The van der Waals surface area contributed by atoms with Gasteiger partial charge in [-0.15, -0.1) is 0 Å². The van der Waals surface area contributed by atoms with Crippen LogP contribution in [0.5, 0.6) is 5.75 Å². The van der Waals surface area contributed by atoms with Crippen molar-refractivity contribution >= 4 is 28.6 Å². The van der Waals surface area contributed by atoms with Gasteiger partial charge in [0.15, 0.2) is 0 Å². The molecule has 51 heavy (non-hydrogen) atoms. The highest BCUT2D eigenvalue weighted by Gasteiger charge is 2.48. The van der Waals surface area contributed by atoms with Crippen LogP contribution in [0.3, 0.4) is 0 Å². The molecule has 0 spiro atoms. The van der Waals surface area contributed by atoms with Gasteiger partial charge in [-0.25, -0.2) is 8.78 Å². The normalized spacial score (nSPS) is 26.7. The standard InChI is InChI=1S/C40H57F4NO5S/c1-8-19-39(35(47)48)22-28(37(2,3)4)23-45(25-39)24-29-13-9-10-14-33(51-29)30-21-27(16-18-32(30)49-36(41)42)31-17-15-26(12-11-20-40(31,43)44)34(46)50-38(5,6)7/h13-14,16,18,21,26,28,31,36H,8-12,15,17,19-20,22-25H2,1-7H3,(H,47,48)/t26?,28-,31?,39-/m1/s1. The Morgan fingerprint density at radius 3 is 2.39 bits per heavy atom. The summed E-state index contributed by atoms with van der Waals surface area (Å²) in [5, 5.41) is 10.4. The van der Waals surface area contributed by atoms with Crippen molar-refractivity contribution in [2.75, 3.05) is 19.6 Å². The molecule has 11 heteroatoms. The lowest BCUT2D eigenvalue weighted by Crippen LogP contribution is -2.53. The number of hydrogen-bond donors (Lipinski definition) is 1. The van der Waals surface area contributed by atoms with Gasteiger partial charge >= 0.3 is 18.6 Å². The van der Waals surface area contributed by atoms with Gasteiger partial charge in [0.05, 0.1) is 11.3 Å². The van der Waals surface area contributed by atoms with E-state index in [1.807, 2.05) is 13.0 Å². The van der Waals surface area contributed by atoms with Crippen LogP contribution in [-0.2, 0) is 14.3 Å². The molecule has 2 fully saturated rings. The summed E-state index contributed by atoms with van der Waals surface area (Å²) in [6, 6.07) is 4.37. The number of piperidine rings is 1. The van der Waals surface area contributed by atoms with Crippen molar-refractivity contribution in [2.24, 2.45) is 22.7 Å². The second-order valence-electron chi connectivity index (χ2n) is 16.8. The number of carbonyl (C=O) groups is 2. The van der Waals surface area contributed by atoms with Crippen LogP contribution in [0.4, 0.5) is 17.6 Å². The number of esters is 1. The molecule has 0 amide bonds. The van der Waals surface area contributed by atoms with E-state index in [9.17, 15) is 23.5 Å². The number of carbonyl (C=O) groups excluding carboxylic acids is 1. The van der Waals surface area contributed by atoms with E-state index in [0.29, 0.717) is 61.2 Å². The van der Waals surface area contributed by atoms with E-state index in [-0.39, 0.29) is 42.3 Å². The van der Waals surface area contributed by atoms with Crippen LogP contribution in [0.25, 0.3) is 4.91 Å². The monoisotopic (exact) mass is 739 g/mol. The molecule has 1 aliphatic carbocycles. The fourth-order valence-electron chi connectivity index (χ4n) is 7.86. The highest BCUT2D eigenvalue weighted by molar-refractivity contribution is 8.11. The Morgan fingerprint density at radius 1 is 1.06 bits per heavy atom. The molecule has 1 N–H and O–H groups in total. The topological polar surface area (TPSA) is 76.1 Å². The minimum Gasteiger partial charge on any atom is -0.481 e. The summed E-state index contributed by atoms with van der Waals surface area (Å²) in [6.07, 6.45) is 7.65. The second-order valence-corrected chi connectivity index (χ2v) is 18.0. The number of likely N-dealkylation sites (tertiary alicyclic amines) is 1. The van der Waals surface area contributed by atoms with Gasteiger partial charge in [0.1, 0.15) is 11.4 Å². The molecule has 0 radical (unpaired) electrons. The minimum absolute atomic E-state index is 0.0374. The lowest BCUT2D eigenvalue weighted by atomic mass is 9.65. The summed E-state index contributed by atoms with van der Waals surface area (Å²) in [5.74, 6) is -5.88. The molecule has 0 aromatic heterocycles. The van der Waals surface area contributed by atoms with Gasteiger partial charge in [0.25, 0.3) is 5.92 Å². The van der Waals surface area contributed by atoms with Crippen molar-refractivity contribution in [2.45, 2.75) is 137 Å². The van der Waals surface area contributed by atoms with Crippen molar-refractivity contribution in [3.8, 4) is 5.75 Å². The molecule has 0 bridgehead atoms. The third kappa shape index (κ3) is 11.0. The van der Waals surface area contributed by atoms with E-state index in [1.165, 1.54) is 23.9 Å². The summed E-state index contributed by atoms with van der Waals surface area (Å²) in [4.78, 5) is 29.5. The lowest BCUT2D eigenvalue weighted by molar-refractivity contribution is -0.161. The molecule has 1 saturated carbocycles. The van der Waals surface area contributed by atoms with Crippen LogP contribution in [0.2, 0.25) is 0 Å². The first-order valence-corrected chi connectivity index (χ1v) is 19.3. The Labute approximate surface area is 305 Å². The van der Waals surface area contributed by atoms with E-state index in [0.717, 1.165) is 17.9 Å². The fraction of sp³-hybridized carbons (Fsp3) is 0.700. The summed E-state index contributed by atoms with van der Waals surface area (Å²) >= 11 is 1.40. The SMILES string of the molecule is CCC[C@@]1(C(=O)O)C[C@@H](C(C)(C)C)CN(CC2=CCCC=C(c3cc(C4CCC(C(=O)OC(C)(C)C)CCCC4(F)F)ccc3OC(F)F)S2)C1. The van der Waals surface area contributed by atoms with E-state index >= 15 is 8.78 Å². The van der Waals surface area contributed by atoms with Gasteiger partial charge < -0.3 is 14.6 Å². The molecule has 3 aliphatic rings. The van der Waals surface area contributed by atoms with Gasteiger partial charge in [-0.3, -0.25) is 14.5 Å². The van der Waals surface area contributed by atoms with Crippen molar-refractivity contribution < 1.29 is 41.7 Å². The first-order valence-electron chi connectivity index (χ1n) is 18.5. The number of nitrogens with zero attached hydrogens (tertiary/aromatic N) is 1. The number of benzene rings is 1. The first kappa shape index (κ1) is 41.2. The third-order valence-electron chi connectivity index (χ3n) is 10.5. The van der Waals surface area contributed by atoms with Gasteiger partial charge in [-0.2, -0.15) is 8.78 Å². The number of thioether (sulfide) groups is 1. The fourth-order valence-corrected chi connectivity index (χ4v) is 9.06. The maximum atomic E-state index is 15.8. The number of hydrogen-bond acceptors (Lipinski definition) is 6. The average molecular weight is 740 g/mol. The van der Waals surface area contributed by atoms with Crippen molar-refractivity contribution in [1.29, 1.82) is 0 Å². The molecule has 1 saturated heterocycles. The predicted octanol–water partition coefficient (Wildman–Crippen LogP) is 10.9. The zero-order valence-corrected chi connectivity index (χ0v) is 32.2. The van der Waals surface area contributed by atoms with Crippen molar-refractivity contribution in [3.05, 3.63) is 46.4 Å². The molecule has 4 atom stereocenters. The zero-order valence-electron chi connectivity index (χ0n) is 31.3. The van der Waals surface area contributed by atoms with Crippen LogP contribution < -0.4 is 4.74 Å². The molecule has 4 rings (SSSR count). The van der Waals surface area contributed by atoms with E-state index < -0.39 is 47.8 Å². The maximum absolute atomic E-state index is 15.8. The second kappa shape index (κ2) is 16.6. The van der Waals surface area contributed by atoms with E-state index in [2.05, 4.69) is 31.7 Å². The number of halogens is 4. The minimum atomic E-state index is -3.11. The van der Waals surface area contributed by atoms with Crippen LogP contribution in [0.1, 0.15) is 130 Å². The molecule has 6 nitrogen and oxygen atoms in total. The van der Waals surface area contributed by atoms with E-state index in [1.54, 1.807) is 26.8 Å². The van der Waals surface area contributed by atoms with Gasteiger partial charge in [0.2, 0.25) is 0 Å². The number of allylic oxidation sites excluding steroid dienone is 2. The maximum Gasteiger partial charge on any atom is 0.387 e. The van der Waals surface area contributed by atoms with Crippen LogP contribution in [0.15, 0.2) is 35.3 Å². The van der Waals surface area contributed by atoms with E-state index in [4.69, 9.17) is 9.47 Å². The summed E-state index contributed by atoms with van der Waals surface area (Å²) < 4.78 is 69.6. The van der Waals surface area contributed by atoms with Crippen LogP contribution in [0, 0.1) is 22.7 Å². The number of carboxylic acids is 1. The van der Waals surface area contributed by atoms with Crippen molar-refractivity contribution in [1.82, 2.24) is 4.90 Å². The molecule has 1 aromatic rings. The number of alkyl halides is 4. The molecular formula is C40H57F4NO5S.